The SMILES string of the molecule is CC(=O)Nc1ccc(SCC2OC(c3cccc(NC(=S)CC4OC(COC(C)=O)C(OC(C)=O)C(OC(C)=O)C4OC(C)=O)c3)OC(c3ccc(CO)cc3)C2C)cc1. The van der Waals surface area contributed by atoms with Gasteiger partial charge in [0.05, 0.1) is 23.8 Å². The lowest BCUT2D eigenvalue weighted by atomic mass is 9.91. The summed E-state index contributed by atoms with van der Waals surface area (Å²) in [5.41, 5.74) is 3.71. The van der Waals surface area contributed by atoms with Crippen LogP contribution in [-0.2, 0) is 63.7 Å². The molecule has 3 aromatic rings. The van der Waals surface area contributed by atoms with Crippen molar-refractivity contribution in [2.75, 3.05) is 23.0 Å². The first-order valence-electron chi connectivity index (χ1n) is 19.3. The van der Waals surface area contributed by atoms with Crippen molar-refractivity contribution >= 4 is 70.1 Å². The molecule has 3 aromatic carbocycles. The van der Waals surface area contributed by atoms with Crippen LogP contribution in [0.3, 0.4) is 0 Å². The average Bonchev–Trinajstić information content (AvgIpc) is 3.19. The number of carbonyl (C=O) groups is 5. The molecule has 2 fully saturated rings. The minimum Gasteiger partial charge on any atom is -0.463 e. The molecule has 0 spiro atoms. The van der Waals surface area contributed by atoms with Crippen molar-refractivity contribution in [2.45, 2.75) is 108 Å². The first-order chi connectivity index (χ1) is 28.6. The van der Waals surface area contributed by atoms with Crippen molar-refractivity contribution in [1.82, 2.24) is 0 Å². The van der Waals surface area contributed by atoms with Crippen molar-refractivity contribution in [1.29, 1.82) is 0 Å². The fourth-order valence-electron chi connectivity index (χ4n) is 6.97. The zero-order chi connectivity index (χ0) is 43.5. The van der Waals surface area contributed by atoms with E-state index in [9.17, 15) is 29.1 Å². The molecule has 2 heterocycles. The van der Waals surface area contributed by atoms with Gasteiger partial charge < -0.3 is 48.9 Å². The minimum absolute atomic E-state index is 0.0520. The number of ether oxygens (including phenoxy) is 7. The molecule has 0 saturated carbocycles. The Morgan fingerprint density at radius 2 is 1.33 bits per heavy atom. The van der Waals surface area contributed by atoms with Gasteiger partial charge in [0.15, 0.2) is 24.6 Å². The summed E-state index contributed by atoms with van der Waals surface area (Å²) in [6.07, 6.45) is -7.43. The van der Waals surface area contributed by atoms with Crippen molar-refractivity contribution in [3.63, 3.8) is 0 Å². The van der Waals surface area contributed by atoms with Crippen LogP contribution in [0.5, 0.6) is 0 Å². The average molecular weight is 867 g/mol. The summed E-state index contributed by atoms with van der Waals surface area (Å²) in [6, 6.07) is 22.6. The van der Waals surface area contributed by atoms with Gasteiger partial charge in [-0.1, -0.05) is 55.5 Å². The number of anilines is 2. The van der Waals surface area contributed by atoms with Crippen LogP contribution in [0.1, 0.15) is 77.0 Å². The van der Waals surface area contributed by atoms with Crippen LogP contribution in [0.2, 0.25) is 0 Å². The Bertz CT molecular complexity index is 2000. The molecule has 17 heteroatoms. The number of benzene rings is 3. The van der Waals surface area contributed by atoms with Crippen LogP contribution >= 0.6 is 24.0 Å². The first-order valence-corrected chi connectivity index (χ1v) is 20.7. The molecule has 3 N–H and O–H groups in total. The van der Waals surface area contributed by atoms with Gasteiger partial charge in [-0.15, -0.1) is 11.8 Å². The second kappa shape index (κ2) is 21.6. The third-order valence-corrected chi connectivity index (χ3v) is 11.0. The molecule has 9 unspecified atom stereocenters. The third-order valence-electron chi connectivity index (χ3n) is 9.63. The van der Waals surface area contributed by atoms with E-state index in [1.165, 1.54) is 20.8 Å². The van der Waals surface area contributed by atoms with E-state index >= 15 is 0 Å². The molecule has 0 aromatic heterocycles. The molecular formula is C43H50N2O13S2. The van der Waals surface area contributed by atoms with Crippen molar-refractivity contribution in [2.24, 2.45) is 5.92 Å². The second-order valence-corrected chi connectivity index (χ2v) is 16.0. The number of thioether (sulfide) groups is 1. The molecule has 0 bridgehead atoms. The number of rotatable bonds is 15. The molecule has 1 amide bonds. The molecular weight excluding hydrogens is 817 g/mol. The maximum atomic E-state index is 12.3. The van der Waals surface area contributed by atoms with E-state index in [2.05, 4.69) is 17.6 Å². The summed E-state index contributed by atoms with van der Waals surface area (Å²) in [5, 5.41) is 15.7. The Morgan fingerprint density at radius 1 is 0.700 bits per heavy atom. The highest BCUT2D eigenvalue weighted by atomic mass is 32.2. The van der Waals surface area contributed by atoms with E-state index in [0.717, 1.165) is 29.9 Å². The van der Waals surface area contributed by atoms with E-state index in [0.29, 0.717) is 22.7 Å². The normalized spacial score (nSPS) is 24.9. The van der Waals surface area contributed by atoms with Crippen LogP contribution in [-0.4, -0.2) is 88.9 Å². The summed E-state index contributed by atoms with van der Waals surface area (Å²) in [4.78, 5) is 61.3. The number of carbonyl (C=O) groups excluding carboxylic acids is 5. The molecule has 15 nitrogen and oxygen atoms in total. The van der Waals surface area contributed by atoms with Gasteiger partial charge >= 0.3 is 23.9 Å². The summed E-state index contributed by atoms with van der Waals surface area (Å²) in [7, 11) is 0. The highest BCUT2D eigenvalue weighted by Gasteiger charge is 2.52. The van der Waals surface area contributed by atoms with E-state index in [4.69, 9.17) is 45.4 Å². The highest BCUT2D eigenvalue weighted by molar-refractivity contribution is 7.99. The van der Waals surface area contributed by atoms with Crippen LogP contribution < -0.4 is 10.6 Å². The standard InChI is InChI=1S/C43H50N2O13S2/c1-23-37(22-60-34-16-14-32(15-17-34)44-24(2)47)57-43(58-39(23)30-12-10-29(20-46)11-13-30)31-8-7-9-33(18-31)45-38(59)19-35-40(53-26(4)49)42(55-28(6)51)41(54-27(5)50)36(56-35)21-52-25(3)48/h7-18,23,35-37,39-43,46H,19-22H2,1-6H3,(H,44,47)(H,45,59). The first kappa shape index (κ1) is 46.2. The second-order valence-electron chi connectivity index (χ2n) is 14.5. The molecule has 2 aliphatic heterocycles. The van der Waals surface area contributed by atoms with E-state index in [1.54, 1.807) is 17.8 Å². The van der Waals surface area contributed by atoms with Gasteiger partial charge in [0.2, 0.25) is 5.91 Å². The number of nitrogens with one attached hydrogen (secondary N) is 2. The summed E-state index contributed by atoms with van der Waals surface area (Å²) in [5.74, 6) is -2.40. The summed E-state index contributed by atoms with van der Waals surface area (Å²) < 4.78 is 41.4. The summed E-state index contributed by atoms with van der Waals surface area (Å²) >= 11 is 7.41. The number of aliphatic hydroxyl groups excluding tert-OH is 1. The van der Waals surface area contributed by atoms with Gasteiger partial charge in [0.25, 0.3) is 0 Å². The van der Waals surface area contributed by atoms with Crippen LogP contribution in [0.25, 0.3) is 0 Å². The number of amides is 1. The van der Waals surface area contributed by atoms with Gasteiger partial charge in [-0.2, -0.15) is 0 Å². The summed E-state index contributed by atoms with van der Waals surface area (Å²) in [6.45, 7) is 7.80. The molecule has 0 aliphatic carbocycles. The quantitative estimate of drug-likeness (QED) is 0.0699. The van der Waals surface area contributed by atoms with Gasteiger partial charge in [-0.3, -0.25) is 24.0 Å². The predicted octanol–water partition coefficient (Wildman–Crippen LogP) is 5.98. The molecule has 5 rings (SSSR count). The number of aliphatic hydroxyl groups is 1. The predicted molar refractivity (Wildman–Crippen MR) is 224 cm³/mol. The Morgan fingerprint density at radius 3 is 1.93 bits per heavy atom. The van der Waals surface area contributed by atoms with E-state index in [1.807, 2.05) is 66.7 Å². The fourth-order valence-corrected chi connectivity index (χ4v) is 8.32. The van der Waals surface area contributed by atoms with E-state index in [-0.39, 0.29) is 48.7 Å². The van der Waals surface area contributed by atoms with Gasteiger partial charge in [0.1, 0.15) is 18.8 Å². The molecule has 2 aliphatic rings. The third kappa shape index (κ3) is 13.0. The van der Waals surface area contributed by atoms with Crippen LogP contribution in [0.4, 0.5) is 11.4 Å². The van der Waals surface area contributed by atoms with Crippen molar-refractivity contribution < 1.29 is 62.2 Å². The van der Waals surface area contributed by atoms with Crippen molar-refractivity contribution in [3.8, 4) is 0 Å². The lowest BCUT2D eigenvalue weighted by Gasteiger charge is -2.44. The Hall–Kier alpha value is -4.91. The maximum Gasteiger partial charge on any atom is 0.303 e. The minimum atomic E-state index is -1.31. The number of hydrogen-bond acceptors (Lipinski definition) is 15. The molecule has 2 saturated heterocycles. The van der Waals surface area contributed by atoms with Crippen LogP contribution in [0, 0.1) is 5.92 Å². The highest BCUT2D eigenvalue weighted by Crippen LogP contribution is 2.43. The zero-order valence-electron chi connectivity index (χ0n) is 34.1. The lowest BCUT2D eigenvalue weighted by molar-refractivity contribution is -0.268. The van der Waals surface area contributed by atoms with E-state index < -0.39 is 60.7 Å². The monoisotopic (exact) mass is 866 g/mol. The van der Waals surface area contributed by atoms with Gasteiger partial charge in [-0.05, 0) is 47.5 Å². The fraction of sp³-hybridized carbons (Fsp3) is 0.442. The zero-order valence-corrected chi connectivity index (χ0v) is 35.7. The molecule has 9 atom stereocenters. The topological polar surface area (TPSA) is 194 Å². The number of esters is 4. The van der Waals surface area contributed by atoms with Crippen molar-refractivity contribution in [3.05, 3.63) is 89.5 Å². The number of thiocarbonyl (C=S) groups is 1. The smallest absolute Gasteiger partial charge is 0.303 e. The van der Waals surface area contributed by atoms with Gasteiger partial charge in [-0.25, -0.2) is 0 Å². The van der Waals surface area contributed by atoms with Crippen LogP contribution in [0.15, 0.2) is 77.7 Å². The Labute approximate surface area is 358 Å². The Kier molecular flexibility index (Phi) is 16.6. The number of hydrogen-bond donors (Lipinski definition) is 3. The molecule has 322 valence electrons. The Balaban J connectivity index is 1.36. The largest absolute Gasteiger partial charge is 0.463 e. The van der Waals surface area contributed by atoms with Gasteiger partial charge in [0, 0.05) is 74.5 Å². The molecule has 0 radical (unpaired) electrons. The maximum absolute atomic E-state index is 12.3. The lowest BCUT2D eigenvalue weighted by Crippen LogP contribution is -2.62. The molecule has 60 heavy (non-hydrogen) atoms.